The van der Waals surface area contributed by atoms with Gasteiger partial charge in [-0.05, 0) is 23.8 Å². The molecule has 0 bridgehead atoms. The predicted molar refractivity (Wildman–Crippen MR) is 127 cm³/mol. The molecule has 170 valence electrons. The van der Waals surface area contributed by atoms with Gasteiger partial charge in [0, 0.05) is 24.1 Å². The number of non-ortho nitro benzene ring substituents is 1. The zero-order chi connectivity index (χ0) is 24.1. The van der Waals surface area contributed by atoms with Crippen molar-refractivity contribution in [1.82, 2.24) is 10.3 Å². The van der Waals surface area contributed by atoms with Crippen LogP contribution in [0.15, 0.2) is 47.4 Å². The first-order chi connectivity index (χ1) is 15.7. The van der Waals surface area contributed by atoms with Gasteiger partial charge in [0.05, 0.1) is 20.8 Å². The number of thiocarbonyl (C=S) groups is 1. The van der Waals surface area contributed by atoms with Gasteiger partial charge in [0.2, 0.25) is 5.91 Å². The smallest absolute Gasteiger partial charge is 0.292 e. The van der Waals surface area contributed by atoms with E-state index in [1.165, 1.54) is 4.90 Å². The van der Waals surface area contributed by atoms with E-state index in [1.807, 2.05) is 0 Å². The van der Waals surface area contributed by atoms with Crippen molar-refractivity contribution >= 4 is 74.9 Å². The maximum Gasteiger partial charge on any atom is 0.300 e. The van der Waals surface area contributed by atoms with Crippen LogP contribution in [-0.4, -0.2) is 37.4 Å². The third-order valence-electron chi connectivity index (χ3n) is 4.35. The molecule has 1 aliphatic heterocycles. The Labute approximate surface area is 201 Å². The minimum atomic E-state index is -0.813. The van der Waals surface area contributed by atoms with Gasteiger partial charge in [-0.25, -0.2) is 0 Å². The van der Waals surface area contributed by atoms with Crippen molar-refractivity contribution in [2.45, 2.75) is 6.42 Å². The molecule has 0 aromatic heterocycles. The summed E-state index contributed by atoms with van der Waals surface area (Å²) in [6.45, 7) is -0.0135. The summed E-state index contributed by atoms with van der Waals surface area (Å²) in [4.78, 5) is 46.9. The number of thioether (sulfide) groups is 1. The van der Waals surface area contributed by atoms with Crippen LogP contribution in [0.1, 0.15) is 12.0 Å². The van der Waals surface area contributed by atoms with Crippen LogP contribution >= 0.6 is 35.6 Å². The number of hydrogen-bond acceptors (Lipinski definition) is 9. The fraction of sp³-hybridized carbons (Fsp3) is 0.105. The SMILES string of the molecule is O=C(CCN1C(=O)C(=Cc2ccccc2Cl)SC1=S)NNc1ccc([N+](=O)[O-])cc1[N+](=O)[O-]. The molecule has 1 saturated heterocycles. The zero-order valence-electron chi connectivity index (χ0n) is 16.5. The van der Waals surface area contributed by atoms with Crippen molar-refractivity contribution in [1.29, 1.82) is 0 Å². The molecule has 1 heterocycles. The topological polar surface area (TPSA) is 148 Å². The van der Waals surface area contributed by atoms with E-state index in [0.717, 1.165) is 30.0 Å². The minimum absolute atomic E-state index is 0.0135. The Balaban J connectivity index is 1.60. The van der Waals surface area contributed by atoms with Crippen molar-refractivity contribution in [3.8, 4) is 0 Å². The number of benzene rings is 2. The molecule has 0 aliphatic carbocycles. The molecule has 0 radical (unpaired) electrons. The molecule has 11 nitrogen and oxygen atoms in total. The molecule has 1 aliphatic rings. The molecular formula is C19H14ClN5O6S2. The molecule has 0 spiro atoms. The van der Waals surface area contributed by atoms with Gasteiger partial charge in [-0.15, -0.1) is 0 Å². The van der Waals surface area contributed by atoms with E-state index in [2.05, 4.69) is 10.9 Å². The second kappa shape index (κ2) is 10.4. The third-order valence-corrected chi connectivity index (χ3v) is 6.08. The average Bonchev–Trinajstić information content (AvgIpc) is 3.04. The molecule has 14 heteroatoms. The van der Waals surface area contributed by atoms with Gasteiger partial charge in [-0.1, -0.05) is 53.8 Å². The molecule has 1 fully saturated rings. The summed E-state index contributed by atoms with van der Waals surface area (Å²) in [6.07, 6.45) is 1.47. The van der Waals surface area contributed by atoms with Crippen LogP contribution in [0.25, 0.3) is 6.08 Å². The average molecular weight is 508 g/mol. The molecule has 0 unspecified atom stereocenters. The van der Waals surface area contributed by atoms with Crippen LogP contribution in [0.3, 0.4) is 0 Å². The van der Waals surface area contributed by atoms with E-state index < -0.39 is 27.1 Å². The number of nitrogens with one attached hydrogen (secondary N) is 2. The van der Waals surface area contributed by atoms with Crippen LogP contribution in [0.4, 0.5) is 17.1 Å². The van der Waals surface area contributed by atoms with Gasteiger partial charge in [-0.3, -0.25) is 45.6 Å². The van der Waals surface area contributed by atoms with E-state index in [4.69, 9.17) is 23.8 Å². The van der Waals surface area contributed by atoms with E-state index in [-0.39, 0.29) is 28.9 Å². The van der Waals surface area contributed by atoms with Crippen LogP contribution in [0.5, 0.6) is 0 Å². The zero-order valence-corrected chi connectivity index (χ0v) is 18.9. The van der Waals surface area contributed by atoms with Crippen LogP contribution in [0.2, 0.25) is 5.02 Å². The number of carbonyl (C=O) groups is 2. The summed E-state index contributed by atoms with van der Waals surface area (Å²) in [5, 5.41) is 22.4. The summed E-state index contributed by atoms with van der Waals surface area (Å²) in [5.74, 6) is -0.941. The highest BCUT2D eigenvalue weighted by Crippen LogP contribution is 2.34. The Bertz CT molecular complexity index is 1200. The maximum absolute atomic E-state index is 12.7. The number of hydrogen-bond donors (Lipinski definition) is 2. The molecule has 3 rings (SSSR count). The van der Waals surface area contributed by atoms with Gasteiger partial charge in [-0.2, -0.15) is 0 Å². The van der Waals surface area contributed by atoms with Gasteiger partial charge in [0.25, 0.3) is 11.6 Å². The summed E-state index contributed by atoms with van der Waals surface area (Å²) < 4.78 is 0.282. The molecule has 0 saturated carbocycles. The van der Waals surface area contributed by atoms with Gasteiger partial charge >= 0.3 is 5.69 Å². The van der Waals surface area contributed by atoms with Crippen molar-refractivity contribution in [3.05, 3.63) is 78.2 Å². The standard InChI is InChI=1S/C19H14ClN5O6S2/c20-13-4-2-1-3-11(13)9-16-18(27)23(19(32)33-16)8-7-17(26)22-21-14-6-5-12(24(28)29)10-15(14)25(30)31/h1-6,9-10,21H,7-8H2,(H,22,26). The number of rotatable bonds is 8. The first kappa shape index (κ1) is 24.1. The van der Waals surface area contributed by atoms with Crippen LogP contribution in [-0.2, 0) is 9.59 Å². The van der Waals surface area contributed by atoms with Crippen LogP contribution in [0, 0.1) is 20.2 Å². The fourth-order valence-corrected chi connectivity index (χ4v) is 4.22. The summed E-state index contributed by atoms with van der Waals surface area (Å²) >= 11 is 12.4. The number of halogens is 1. The molecule has 2 amide bonds. The normalized spacial score (nSPS) is 14.5. The quantitative estimate of drug-likeness (QED) is 0.235. The van der Waals surface area contributed by atoms with Crippen molar-refractivity contribution < 1.29 is 19.4 Å². The summed E-state index contributed by atoms with van der Waals surface area (Å²) in [7, 11) is 0. The lowest BCUT2D eigenvalue weighted by atomic mass is 10.2. The highest BCUT2D eigenvalue weighted by Gasteiger charge is 2.32. The van der Waals surface area contributed by atoms with Gasteiger partial charge in [0.15, 0.2) is 0 Å². The second-order valence-electron chi connectivity index (χ2n) is 6.49. The molecule has 2 aromatic rings. The van der Waals surface area contributed by atoms with Gasteiger partial charge in [0.1, 0.15) is 10.0 Å². The number of amides is 2. The Morgan fingerprint density at radius 3 is 2.58 bits per heavy atom. The van der Waals surface area contributed by atoms with Crippen molar-refractivity contribution in [2.24, 2.45) is 0 Å². The van der Waals surface area contributed by atoms with E-state index in [9.17, 15) is 29.8 Å². The number of nitro benzene ring substituents is 2. The third kappa shape index (κ3) is 5.83. The molecule has 2 N–H and O–H groups in total. The monoisotopic (exact) mass is 507 g/mol. The summed E-state index contributed by atoms with van der Waals surface area (Å²) in [5.41, 5.74) is 4.13. The number of anilines is 1. The predicted octanol–water partition coefficient (Wildman–Crippen LogP) is 3.89. The first-order valence-electron chi connectivity index (χ1n) is 9.15. The Kier molecular flexibility index (Phi) is 7.58. The lowest BCUT2D eigenvalue weighted by Gasteiger charge is -2.14. The Morgan fingerprint density at radius 1 is 1.18 bits per heavy atom. The number of nitrogens with zero attached hydrogens (tertiary/aromatic N) is 3. The highest BCUT2D eigenvalue weighted by molar-refractivity contribution is 8.26. The molecule has 33 heavy (non-hydrogen) atoms. The van der Waals surface area contributed by atoms with Crippen LogP contribution < -0.4 is 10.9 Å². The van der Waals surface area contributed by atoms with Gasteiger partial charge < -0.3 is 0 Å². The van der Waals surface area contributed by atoms with E-state index in [0.29, 0.717) is 15.5 Å². The molecular weight excluding hydrogens is 494 g/mol. The minimum Gasteiger partial charge on any atom is -0.292 e. The lowest BCUT2D eigenvalue weighted by molar-refractivity contribution is -0.393. The summed E-state index contributed by atoms with van der Waals surface area (Å²) in [6, 6.07) is 9.95. The highest BCUT2D eigenvalue weighted by atomic mass is 35.5. The molecule has 2 aromatic carbocycles. The van der Waals surface area contributed by atoms with E-state index >= 15 is 0 Å². The number of carbonyl (C=O) groups excluding carboxylic acids is 2. The number of hydrazine groups is 1. The fourth-order valence-electron chi connectivity index (χ4n) is 2.73. The maximum atomic E-state index is 12.7. The Hall–Kier alpha value is -3.55. The molecule has 0 atom stereocenters. The van der Waals surface area contributed by atoms with Crippen molar-refractivity contribution in [2.75, 3.05) is 12.0 Å². The second-order valence-corrected chi connectivity index (χ2v) is 8.58. The Morgan fingerprint density at radius 2 is 1.91 bits per heavy atom. The van der Waals surface area contributed by atoms with E-state index in [1.54, 1.807) is 30.3 Å². The lowest BCUT2D eigenvalue weighted by Crippen LogP contribution is -2.35. The first-order valence-corrected chi connectivity index (χ1v) is 10.7. The van der Waals surface area contributed by atoms with Crippen molar-refractivity contribution in [3.63, 3.8) is 0 Å². The number of nitro groups is 2. The largest absolute Gasteiger partial charge is 0.300 e.